The molecule has 0 heterocycles. The summed E-state index contributed by atoms with van der Waals surface area (Å²) < 4.78 is 0. The van der Waals surface area contributed by atoms with Crippen molar-refractivity contribution in [3.8, 4) is 48.4 Å². The molecule has 2 atom stereocenters. The molecule has 0 aromatic rings. The molecule has 0 aliphatic rings. The lowest BCUT2D eigenvalue weighted by Gasteiger charge is -1.97. The van der Waals surface area contributed by atoms with E-state index in [1.807, 2.05) is 12.2 Å². The van der Waals surface area contributed by atoms with Gasteiger partial charge in [0.1, 0.15) is 12.2 Å². The van der Waals surface area contributed by atoms with Crippen molar-refractivity contribution in [2.24, 2.45) is 0 Å². The van der Waals surface area contributed by atoms with Crippen LogP contribution < -0.4 is 0 Å². The first-order chi connectivity index (χ1) is 15.7. The van der Waals surface area contributed by atoms with Crippen molar-refractivity contribution in [2.45, 2.75) is 102 Å². The molecule has 0 bridgehead atoms. The molecular formula is C30H40O2. The highest BCUT2D eigenvalue weighted by Crippen LogP contribution is 2.06. The summed E-state index contributed by atoms with van der Waals surface area (Å²) in [5, 5.41) is 18.4. The van der Waals surface area contributed by atoms with E-state index in [0.717, 1.165) is 64.2 Å². The molecule has 0 rings (SSSR count). The van der Waals surface area contributed by atoms with E-state index in [4.69, 9.17) is 12.8 Å². The molecule has 0 saturated heterocycles. The molecule has 0 aliphatic carbocycles. The third-order valence-corrected chi connectivity index (χ3v) is 4.68. The van der Waals surface area contributed by atoms with Crippen molar-refractivity contribution in [3.63, 3.8) is 0 Å². The lowest BCUT2D eigenvalue weighted by Crippen LogP contribution is -1.95. The van der Waals surface area contributed by atoms with Crippen molar-refractivity contribution in [1.82, 2.24) is 0 Å². The van der Waals surface area contributed by atoms with Gasteiger partial charge in [-0.2, -0.15) is 0 Å². The van der Waals surface area contributed by atoms with Crippen molar-refractivity contribution >= 4 is 0 Å². The van der Waals surface area contributed by atoms with Gasteiger partial charge in [-0.3, -0.25) is 0 Å². The minimum Gasteiger partial charge on any atom is -0.377 e. The first-order valence-electron chi connectivity index (χ1n) is 11.9. The van der Waals surface area contributed by atoms with Gasteiger partial charge in [0.05, 0.1) is 0 Å². The van der Waals surface area contributed by atoms with E-state index in [9.17, 15) is 10.2 Å². The molecule has 0 aromatic carbocycles. The van der Waals surface area contributed by atoms with E-state index in [1.54, 1.807) is 12.2 Å². The van der Waals surface area contributed by atoms with E-state index in [0.29, 0.717) is 0 Å². The topological polar surface area (TPSA) is 40.5 Å². The second kappa shape index (κ2) is 24.6. The predicted octanol–water partition coefficient (Wildman–Crippen LogP) is 6.11. The van der Waals surface area contributed by atoms with Gasteiger partial charge in [0.2, 0.25) is 0 Å². The van der Waals surface area contributed by atoms with Crippen LogP contribution in [-0.4, -0.2) is 22.4 Å². The number of unbranched alkanes of at least 4 members (excludes halogenated alkanes) is 10. The van der Waals surface area contributed by atoms with Crippen molar-refractivity contribution in [1.29, 1.82) is 0 Å². The molecule has 0 aromatic heterocycles. The highest BCUT2D eigenvalue weighted by atomic mass is 16.3. The Labute approximate surface area is 197 Å². The van der Waals surface area contributed by atoms with E-state index < -0.39 is 12.2 Å². The Balaban J connectivity index is 3.45. The first kappa shape index (κ1) is 29.4. The van der Waals surface area contributed by atoms with Gasteiger partial charge in [-0.1, -0.05) is 73.7 Å². The molecule has 0 radical (unpaired) electrons. The molecule has 2 N–H and O–H groups in total. The predicted molar refractivity (Wildman–Crippen MR) is 137 cm³/mol. The Kier molecular flexibility index (Phi) is 22.6. The van der Waals surface area contributed by atoms with Crippen LogP contribution in [0.2, 0.25) is 0 Å². The van der Waals surface area contributed by atoms with Gasteiger partial charge in [-0.05, 0) is 50.7 Å². The highest BCUT2D eigenvalue weighted by Gasteiger charge is 1.91. The largest absolute Gasteiger partial charge is 0.377 e. The Morgan fingerprint density at radius 3 is 1.34 bits per heavy atom. The lowest BCUT2D eigenvalue weighted by molar-refractivity contribution is 0.280. The molecule has 0 aliphatic heterocycles. The van der Waals surface area contributed by atoms with Crippen LogP contribution in [0.1, 0.15) is 89.9 Å². The average Bonchev–Trinajstić information content (AvgIpc) is 2.81. The third-order valence-electron chi connectivity index (χ3n) is 4.68. The molecule has 0 spiro atoms. The zero-order valence-electron chi connectivity index (χ0n) is 19.6. The molecule has 2 nitrogen and oxygen atoms in total. The summed E-state index contributed by atoms with van der Waals surface area (Å²) >= 11 is 0. The van der Waals surface area contributed by atoms with Crippen LogP contribution in [0.25, 0.3) is 0 Å². The fraction of sp³-hybridized carbons (Fsp3) is 0.533. The van der Waals surface area contributed by atoms with Crippen molar-refractivity contribution < 1.29 is 10.2 Å². The SMILES string of the molecule is C#CC(O)/C=C/CCCCCCC#CC/C=C\CC#CCCCCCC/C=C/C(O)C#C. The summed E-state index contributed by atoms with van der Waals surface area (Å²) in [7, 11) is 0. The number of hydrogen-bond donors (Lipinski definition) is 2. The van der Waals surface area contributed by atoms with E-state index >= 15 is 0 Å². The summed E-state index contributed by atoms with van der Waals surface area (Å²) in [6, 6.07) is 0. The highest BCUT2D eigenvalue weighted by molar-refractivity contribution is 5.09. The number of aliphatic hydroxyl groups excluding tert-OH is 2. The minimum absolute atomic E-state index is 0.747. The van der Waals surface area contributed by atoms with Crippen LogP contribution in [0, 0.1) is 48.4 Å². The normalized spacial score (nSPS) is 12.6. The maximum atomic E-state index is 9.19. The Morgan fingerprint density at radius 2 is 0.938 bits per heavy atom. The smallest absolute Gasteiger partial charge is 0.133 e. The van der Waals surface area contributed by atoms with E-state index in [-0.39, 0.29) is 0 Å². The van der Waals surface area contributed by atoms with Crippen molar-refractivity contribution in [2.75, 3.05) is 0 Å². The Morgan fingerprint density at radius 1 is 0.531 bits per heavy atom. The zero-order valence-corrected chi connectivity index (χ0v) is 19.6. The number of allylic oxidation sites excluding steroid dienone is 4. The standard InChI is InChI=1S/C30H40O2/c1-3-29(31)27-25-23-21-19-17-15-13-11-9-7-5-6-8-10-12-14-16-18-20-22-24-26-28-30(32)4-2/h1-2,5-6,25-32H,7-8,13-24H2/b6-5-,27-25+,28-26+. The number of hydrogen-bond acceptors (Lipinski definition) is 2. The average molecular weight is 433 g/mol. The third kappa shape index (κ3) is 23.7. The van der Waals surface area contributed by atoms with E-state index in [1.165, 1.54) is 25.7 Å². The minimum atomic E-state index is -0.747. The number of aliphatic hydroxyl groups is 2. The molecule has 2 heteroatoms. The molecule has 172 valence electrons. The lowest BCUT2D eigenvalue weighted by atomic mass is 10.1. The quantitative estimate of drug-likeness (QED) is 0.175. The van der Waals surface area contributed by atoms with Crippen molar-refractivity contribution in [3.05, 3.63) is 36.5 Å². The van der Waals surface area contributed by atoms with Crippen LogP contribution >= 0.6 is 0 Å². The second-order valence-corrected chi connectivity index (χ2v) is 7.57. The molecule has 0 saturated carbocycles. The number of terminal acetylenes is 2. The van der Waals surface area contributed by atoms with Gasteiger partial charge in [-0.15, -0.1) is 24.7 Å². The Hall–Kier alpha value is -2.62. The summed E-state index contributed by atoms with van der Waals surface area (Å²) in [4.78, 5) is 0. The van der Waals surface area contributed by atoms with Gasteiger partial charge >= 0.3 is 0 Å². The van der Waals surface area contributed by atoms with Crippen LogP contribution in [0.3, 0.4) is 0 Å². The van der Waals surface area contributed by atoms with Gasteiger partial charge in [0.15, 0.2) is 0 Å². The van der Waals surface area contributed by atoms with Gasteiger partial charge in [0, 0.05) is 25.7 Å². The summed E-state index contributed by atoms with van der Waals surface area (Å²) in [6.07, 6.45) is 34.9. The fourth-order valence-corrected chi connectivity index (χ4v) is 2.83. The molecule has 2 unspecified atom stereocenters. The van der Waals surface area contributed by atoms with Crippen LogP contribution in [0.4, 0.5) is 0 Å². The maximum Gasteiger partial charge on any atom is 0.133 e. The van der Waals surface area contributed by atoms with E-state index in [2.05, 4.69) is 47.7 Å². The van der Waals surface area contributed by atoms with Crippen LogP contribution in [0.15, 0.2) is 36.5 Å². The fourth-order valence-electron chi connectivity index (χ4n) is 2.83. The van der Waals surface area contributed by atoms with Gasteiger partial charge < -0.3 is 10.2 Å². The zero-order chi connectivity index (χ0) is 23.5. The first-order valence-corrected chi connectivity index (χ1v) is 11.9. The monoisotopic (exact) mass is 432 g/mol. The van der Waals surface area contributed by atoms with Crippen LogP contribution in [-0.2, 0) is 0 Å². The molecular weight excluding hydrogens is 392 g/mol. The number of rotatable bonds is 16. The van der Waals surface area contributed by atoms with Gasteiger partial charge in [0.25, 0.3) is 0 Å². The maximum absolute atomic E-state index is 9.19. The second-order valence-electron chi connectivity index (χ2n) is 7.57. The molecule has 0 amide bonds. The van der Waals surface area contributed by atoms with Crippen LogP contribution in [0.5, 0.6) is 0 Å². The van der Waals surface area contributed by atoms with Gasteiger partial charge in [-0.25, -0.2) is 0 Å². The molecule has 0 fully saturated rings. The molecule has 32 heavy (non-hydrogen) atoms. The summed E-state index contributed by atoms with van der Waals surface area (Å²) in [5.74, 6) is 17.4. The Bertz CT molecular complexity index is 670. The summed E-state index contributed by atoms with van der Waals surface area (Å²) in [6.45, 7) is 0. The summed E-state index contributed by atoms with van der Waals surface area (Å²) in [5.41, 5.74) is 0.